The lowest BCUT2D eigenvalue weighted by Crippen LogP contribution is -2.62. The van der Waals surface area contributed by atoms with E-state index < -0.39 is 6.10 Å². The monoisotopic (exact) mass is 304 g/mol. The van der Waals surface area contributed by atoms with Crippen molar-refractivity contribution < 1.29 is 10.2 Å². The van der Waals surface area contributed by atoms with Crippen LogP contribution in [0.3, 0.4) is 0 Å². The minimum atomic E-state index is -0.484. The topological polar surface area (TPSA) is 40.5 Å². The van der Waals surface area contributed by atoms with Gasteiger partial charge in [-0.3, -0.25) is 0 Å². The van der Waals surface area contributed by atoms with Crippen LogP contribution in [0.5, 0.6) is 0 Å². The lowest BCUT2D eigenvalue weighted by molar-refractivity contribution is -0.205. The fraction of sp³-hybridized carbons (Fsp3) is 0.900. The zero-order valence-corrected chi connectivity index (χ0v) is 14.4. The van der Waals surface area contributed by atoms with Gasteiger partial charge < -0.3 is 10.2 Å². The Hall–Kier alpha value is -0.340. The minimum Gasteiger partial charge on any atom is -0.392 e. The van der Waals surface area contributed by atoms with E-state index in [1.54, 1.807) is 0 Å². The van der Waals surface area contributed by atoms with Crippen LogP contribution < -0.4 is 0 Å². The zero-order valence-electron chi connectivity index (χ0n) is 14.4. The largest absolute Gasteiger partial charge is 0.392 e. The number of fused-ring (bicyclic) bond motifs is 3. The number of hydrogen-bond acceptors (Lipinski definition) is 2. The predicted octanol–water partition coefficient (Wildman–Crippen LogP) is 3.92. The van der Waals surface area contributed by atoms with Crippen molar-refractivity contribution in [1.29, 1.82) is 0 Å². The van der Waals surface area contributed by atoms with Crippen LogP contribution in [0.2, 0.25) is 0 Å². The Morgan fingerprint density at radius 3 is 2.41 bits per heavy atom. The first-order chi connectivity index (χ1) is 10.2. The average molecular weight is 304 g/mol. The molecule has 1 spiro atoms. The van der Waals surface area contributed by atoms with Crippen molar-refractivity contribution in [2.75, 3.05) is 0 Å². The maximum Gasteiger partial charge on any atom is 0.0835 e. The Balaban J connectivity index is 1.81. The summed E-state index contributed by atoms with van der Waals surface area (Å²) in [7, 11) is 0. The lowest BCUT2D eigenvalue weighted by Gasteiger charge is -2.65. The quantitative estimate of drug-likeness (QED) is 0.666. The van der Waals surface area contributed by atoms with E-state index >= 15 is 0 Å². The van der Waals surface area contributed by atoms with E-state index in [9.17, 15) is 10.2 Å². The van der Waals surface area contributed by atoms with Gasteiger partial charge in [0, 0.05) is 11.3 Å². The molecule has 0 aromatic rings. The smallest absolute Gasteiger partial charge is 0.0835 e. The van der Waals surface area contributed by atoms with Crippen LogP contribution in [0.1, 0.15) is 65.7 Å². The molecular formula is C20H32O2. The molecule has 124 valence electrons. The van der Waals surface area contributed by atoms with Gasteiger partial charge in [0.25, 0.3) is 0 Å². The van der Waals surface area contributed by atoms with Gasteiger partial charge in [0.1, 0.15) is 0 Å². The fourth-order valence-electron chi connectivity index (χ4n) is 7.74. The van der Waals surface area contributed by atoms with Crippen molar-refractivity contribution in [3.63, 3.8) is 0 Å². The summed E-state index contributed by atoms with van der Waals surface area (Å²) in [5.41, 5.74) is 1.31. The van der Waals surface area contributed by atoms with E-state index in [4.69, 9.17) is 0 Å². The predicted molar refractivity (Wildman–Crippen MR) is 88.3 cm³/mol. The highest BCUT2D eigenvalue weighted by atomic mass is 16.3. The molecule has 22 heavy (non-hydrogen) atoms. The van der Waals surface area contributed by atoms with Gasteiger partial charge in [-0.1, -0.05) is 33.8 Å². The molecule has 2 bridgehead atoms. The summed E-state index contributed by atoms with van der Waals surface area (Å²) in [6.45, 7) is 11.5. The van der Waals surface area contributed by atoms with Crippen LogP contribution in [0, 0.1) is 34.0 Å². The summed E-state index contributed by atoms with van der Waals surface area (Å²) in [4.78, 5) is 0. The molecule has 0 aromatic carbocycles. The number of aliphatic hydroxyl groups excluding tert-OH is 2. The van der Waals surface area contributed by atoms with E-state index in [1.807, 2.05) is 0 Å². The summed E-state index contributed by atoms with van der Waals surface area (Å²) in [5, 5.41) is 22.0. The van der Waals surface area contributed by atoms with Crippen molar-refractivity contribution in [2.24, 2.45) is 34.0 Å². The molecule has 0 amide bonds. The van der Waals surface area contributed by atoms with Crippen molar-refractivity contribution in [3.05, 3.63) is 12.2 Å². The van der Waals surface area contributed by atoms with Crippen LogP contribution in [-0.2, 0) is 0 Å². The minimum absolute atomic E-state index is 0.142. The molecule has 4 aliphatic carbocycles. The molecule has 2 heteroatoms. The summed E-state index contributed by atoms with van der Waals surface area (Å²) < 4.78 is 0. The summed E-state index contributed by atoms with van der Waals surface area (Å²) in [6.07, 6.45) is 7.38. The standard InChI is InChI=1S/C20H32O2/c1-12-13-6-7-15-19(4)10-5-9-18(2,3)14(19)8-11-20(15,16(12)21)17(13)22/h13-17,21-22H,1,5-11H2,2-4H3/t13-,14+,15+,16-,17+,19+,20+/m0/s1. The van der Waals surface area contributed by atoms with Gasteiger partial charge in [-0.15, -0.1) is 0 Å². The molecule has 2 nitrogen and oxygen atoms in total. The summed E-state index contributed by atoms with van der Waals surface area (Å²) in [6, 6.07) is 0. The summed E-state index contributed by atoms with van der Waals surface area (Å²) >= 11 is 0. The highest BCUT2D eigenvalue weighted by molar-refractivity contribution is 5.30. The van der Waals surface area contributed by atoms with E-state index in [2.05, 4.69) is 27.4 Å². The molecule has 0 aromatic heterocycles. The molecule has 0 unspecified atom stereocenters. The second kappa shape index (κ2) is 4.39. The maximum atomic E-state index is 11.0. The molecule has 7 atom stereocenters. The van der Waals surface area contributed by atoms with Crippen LogP contribution in [0.15, 0.2) is 12.2 Å². The molecule has 0 saturated heterocycles. The van der Waals surface area contributed by atoms with Gasteiger partial charge in [-0.25, -0.2) is 0 Å². The Morgan fingerprint density at radius 1 is 0.955 bits per heavy atom. The van der Waals surface area contributed by atoms with Crippen LogP contribution in [-0.4, -0.2) is 22.4 Å². The van der Waals surface area contributed by atoms with Gasteiger partial charge in [0.15, 0.2) is 0 Å². The van der Waals surface area contributed by atoms with Crippen LogP contribution in [0.4, 0.5) is 0 Å². The van der Waals surface area contributed by atoms with Gasteiger partial charge in [-0.05, 0) is 66.8 Å². The van der Waals surface area contributed by atoms with E-state index in [0.29, 0.717) is 11.3 Å². The Kier molecular flexibility index (Phi) is 3.03. The first-order valence-corrected chi connectivity index (χ1v) is 9.30. The van der Waals surface area contributed by atoms with E-state index in [1.165, 1.54) is 25.7 Å². The molecule has 0 heterocycles. The number of rotatable bonds is 0. The highest BCUT2D eigenvalue weighted by Gasteiger charge is 2.69. The third-order valence-corrected chi connectivity index (χ3v) is 8.62. The van der Waals surface area contributed by atoms with Gasteiger partial charge >= 0.3 is 0 Å². The Morgan fingerprint density at radius 2 is 1.68 bits per heavy atom. The van der Waals surface area contributed by atoms with Crippen LogP contribution >= 0.6 is 0 Å². The fourth-order valence-corrected chi connectivity index (χ4v) is 7.74. The first-order valence-electron chi connectivity index (χ1n) is 9.30. The second-order valence-corrected chi connectivity index (χ2v) is 9.71. The van der Waals surface area contributed by atoms with Crippen LogP contribution in [0.25, 0.3) is 0 Å². The Labute approximate surface area is 135 Å². The molecule has 2 N–H and O–H groups in total. The highest BCUT2D eigenvalue weighted by Crippen LogP contribution is 2.71. The zero-order chi connectivity index (χ0) is 15.9. The normalized spacial score (nSPS) is 56.4. The average Bonchev–Trinajstić information content (AvgIpc) is 2.56. The van der Waals surface area contributed by atoms with Crippen molar-refractivity contribution in [2.45, 2.75) is 77.9 Å². The van der Waals surface area contributed by atoms with Gasteiger partial charge in [-0.2, -0.15) is 0 Å². The maximum absolute atomic E-state index is 11.0. The Bertz CT molecular complexity index is 510. The van der Waals surface area contributed by atoms with Crippen molar-refractivity contribution in [1.82, 2.24) is 0 Å². The van der Waals surface area contributed by atoms with Gasteiger partial charge in [0.2, 0.25) is 0 Å². The summed E-state index contributed by atoms with van der Waals surface area (Å²) in [5.74, 6) is 1.33. The third-order valence-electron chi connectivity index (χ3n) is 8.62. The molecule has 0 aliphatic heterocycles. The van der Waals surface area contributed by atoms with Crippen molar-refractivity contribution in [3.8, 4) is 0 Å². The van der Waals surface area contributed by atoms with E-state index in [-0.39, 0.29) is 22.9 Å². The molecular weight excluding hydrogens is 272 g/mol. The number of aliphatic hydroxyl groups is 2. The third kappa shape index (κ3) is 1.54. The second-order valence-electron chi connectivity index (χ2n) is 9.71. The molecule has 4 aliphatic rings. The SMILES string of the molecule is C=C1[C@@H]2CC[C@@H]3[C@]4(C)CCCC(C)(C)[C@H]4CC[C@]3([C@@H]2O)[C@H]1O. The molecule has 4 fully saturated rings. The lowest BCUT2D eigenvalue weighted by atomic mass is 9.40. The van der Waals surface area contributed by atoms with Gasteiger partial charge in [0.05, 0.1) is 12.2 Å². The van der Waals surface area contributed by atoms with E-state index in [0.717, 1.165) is 30.8 Å². The number of hydrogen-bond donors (Lipinski definition) is 2. The molecule has 4 rings (SSSR count). The van der Waals surface area contributed by atoms with Crippen molar-refractivity contribution >= 4 is 0 Å². The first kappa shape index (κ1) is 15.2. The molecule has 4 saturated carbocycles. The molecule has 0 radical (unpaired) electrons.